The second kappa shape index (κ2) is 11.6. The number of nitrogens with one attached hydrogen (secondary N) is 1. The summed E-state index contributed by atoms with van der Waals surface area (Å²) in [5.74, 6) is 1.32. The summed E-state index contributed by atoms with van der Waals surface area (Å²) in [6.07, 6.45) is 6.42. The van der Waals surface area contributed by atoms with Crippen LogP contribution in [0.5, 0.6) is 0 Å². The van der Waals surface area contributed by atoms with Crippen molar-refractivity contribution in [3.8, 4) is 11.3 Å². The van der Waals surface area contributed by atoms with E-state index < -0.39 is 0 Å². The fourth-order valence-electron chi connectivity index (χ4n) is 3.68. The Labute approximate surface area is 224 Å². The summed E-state index contributed by atoms with van der Waals surface area (Å²) in [4.78, 5) is 33.4. The fraction of sp³-hybridized carbons (Fsp3) is 0.345. The van der Waals surface area contributed by atoms with E-state index in [9.17, 15) is 4.79 Å². The highest BCUT2D eigenvalue weighted by Crippen LogP contribution is 2.28. The number of hydrogen-bond acceptors (Lipinski definition) is 8. The van der Waals surface area contributed by atoms with Crippen molar-refractivity contribution < 1.29 is 4.79 Å². The van der Waals surface area contributed by atoms with Gasteiger partial charge in [0.1, 0.15) is 5.82 Å². The Morgan fingerprint density at radius 2 is 1.81 bits per heavy atom. The molecule has 3 heterocycles. The lowest BCUT2D eigenvalue weighted by Crippen LogP contribution is -2.09. The van der Waals surface area contributed by atoms with Crippen molar-refractivity contribution in [2.24, 2.45) is 0 Å². The maximum atomic E-state index is 12.7. The SMILES string of the molecule is C.Cc1cc(-c2ccnc(Nc3ccc(N(C)C)cn3)n2)ccc1CCC(=O)c1cnc(C(C)(C)C)s1. The first-order valence-corrected chi connectivity index (χ1v) is 12.7. The number of thiazole rings is 1. The van der Waals surface area contributed by atoms with Gasteiger partial charge in [-0.25, -0.2) is 19.9 Å². The van der Waals surface area contributed by atoms with E-state index in [2.05, 4.69) is 65.1 Å². The van der Waals surface area contributed by atoms with E-state index in [1.165, 1.54) is 11.3 Å². The Balaban J connectivity index is 0.00000380. The standard InChI is InChI=1S/C28H32N6OS.CH4/c1-18-15-20(8-7-19(18)9-11-23(35)24-17-31-26(36-24)28(2,3)4)22-13-14-29-27(32-22)33-25-12-10-21(16-30-25)34(5)6;/h7-8,10,12-17H,9,11H2,1-6H3,(H,29,30,32,33);1H4. The smallest absolute Gasteiger partial charge is 0.228 e. The number of rotatable bonds is 8. The number of anilines is 3. The molecule has 0 atom stereocenters. The van der Waals surface area contributed by atoms with Crippen LogP contribution in [0.1, 0.15) is 60.4 Å². The van der Waals surface area contributed by atoms with Crippen molar-refractivity contribution in [2.75, 3.05) is 24.3 Å². The molecule has 8 heteroatoms. The second-order valence-corrected chi connectivity index (χ2v) is 11.1. The van der Waals surface area contributed by atoms with Crippen LogP contribution >= 0.6 is 11.3 Å². The van der Waals surface area contributed by atoms with E-state index in [0.29, 0.717) is 24.6 Å². The normalized spacial score (nSPS) is 11.1. The van der Waals surface area contributed by atoms with E-state index in [-0.39, 0.29) is 18.6 Å². The number of benzene rings is 1. The van der Waals surface area contributed by atoms with Crippen molar-refractivity contribution in [2.45, 2.75) is 53.4 Å². The number of hydrogen-bond donors (Lipinski definition) is 1. The highest BCUT2D eigenvalue weighted by molar-refractivity contribution is 7.13. The van der Waals surface area contributed by atoms with Gasteiger partial charge in [0.2, 0.25) is 5.95 Å². The first-order chi connectivity index (χ1) is 17.1. The summed E-state index contributed by atoms with van der Waals surface area (Å²) in [5, 5.41) is 4.16. The zero-order valence-electron chi connectivity index (χ0n) is 21.7. The van der Waals surface area contributed by atoms with Crippen LogP contribution in [0, 0.1) is 6.92 Å². The van der Waals surface area contributed by atoms with Crippen LogP contribution in [-0.4, -0.2) is 39.8 Å². The van der Waals surface area contributed by atoms with Gasteiger partial charge in [0.25, 0.3) is 0 Å². The van der Waals surface area contributed by atoms with Crippen LogP contribution in [0.15, 0.2) is 55.0 Å². The summed E-state index contributed by atoms with van der Waals surface area (Å²) in [6, 6.07) is 12.0. The molecule has 194 valence electrons. The van der Waals surface area contributed by atoms with Gasteiger partial charge in [-0.3, -0.25) is 4.79 Å². The second-order valence-electron chi connectivity index (χ2n) is 10.0. The molecule has 4 aromatic rings. The maximum absolute atomic E-state index is 12.7. The zero-order chi connectivity index (χ0) is 25.9. The topological polar surface area (TPSA) is 83.9 Å². The molecule has 0 fully saturated rings. The van der Waals surface area contributed by atoms with Crippen molar-refractivity contribution in [1.82, 2.24) is 19.9 Å². The lowest BCUT2D eigenvalue weighted by atomic mass is 9.98. The number of nitrogens with zero attached hydrogens (tertiary/aromatic N) is 5. The summed E-state index contributed by atoms with van der Waals surface area (Å²) < 4.78 is 0. The summed E-state index contributed by atoms with van der Waals surface area (Å²) in [7, 11) is 3.96. The van der Waals surface area contributed by atoms with E-state index in [1.807, 2.05) is 43.3 Å². The van der Waals surface area contributed by atoms with Crippen molar-refractivity contribution in [3.05, 3.63) is 76.0 Å². The molecule has 0 amide bonds. The third kappa shape index (κ3) is 6.98. The maximum Gasteiger partial charge on any atom is 0.228 e. The van der Waals surface area contributed by atoms with Gasteiger partial charge in [0.15, 0.2) is 5.78 Å². The molecule has 0 aliphatic rings. The fourth-order valence-corrected chi connectivity index (χ4v) is 4.62. The minimum atomic E-state index is -0.0424. The van der Waals surface area contributed by atoms with Crippen LogP contribution < -0.4 is 10.2 Å². The average Bonchev–Trinajstić information content (AvgIpc) is 3.35. The summed E-state index contributed by atoms with van der Waals surface area (Å²) in [6.45, 7) is 8.41. The Morgan fingerprint density at radius 1 is 1.03 bits per heavy atom. The molecule has 0 bridgehead atoms. The highest BCUT2D eigenvalue weighted by atomic mass is 32.1. The first kappa shape index (κ1) is 27.9. The average molecular weight is 517 g/mol. The third-order valence-electron chi connectivity index (χ3n) is 5.84. The molecule has 0 aliphatic heterocycles. The zero-order valence-corrected chi connectivity index (χ0v) is 22.5. The molecule has 7 nitrogen and oxygen atoms in total. The molecule has 1 aromatic carbocycles. The van der Waals surface area contributed by atoms with E-state index in [4.69, 9.17) is 0 Å². The minimum absolute atomic E-state index is 0. The number of pyridine rings is 1. The van der Waals surface area contributed by atoms with Gasteiger partial charge in [-0.05, 0) is 48.7 Å². The molecule has 0 spiro atoms. The lowest BCUT2D eigenvalue weighted by Gasteiger charge is -2.13. The first-order valence-electron chi connectivity index (χ1n) is 11.9. The molecule has 37 heavy (non-hydrogen) atoms. The number of carbonyl (C=O) groups is 1. The third-order valence-corrected chi connectivity index (χ3v) is 7.31. The highest BCUT2D eigenvalue weighted by Gasteiger charge is 2.20. The number of aromatic nitrogens is 4. The van der Waals surface area contributed by atoms with E-state index in [1.54, 1.807) is 18.6 Å². The van der Waals surface area contributed by atoms with Crippen LogP contribution in [-0.2, 0) is 11.8 Å². The van der Waals surface area contributed by atoms with Crippen LogP contribution in [0.4, 0.5) is 17.5 Å². The Bertz CT molecular complexity index is 1360. The molecule has 0 radical (unpaired) electrons. The van der Waals surface area contributed by atoms with Crippen molar-refractivity contribution in [3.63, 3.8) is 0 Å². The van der Waals surface area contributed by atoms with Gasteiger partial charge in [-0.2, -0.15) is 0 Å². The van der Waals surface area contributed by atoms with E-state index in [0.717, 1.165) is 38.0 Å². The van der Waals surface area contributed by atoms with Gasteiger partial charge in [0, 0.05) is 43.9 Å². The molecule has 3 aromatic heterocycles. The molecular weight excluding hydrogens is 480 g/mol. The predicted octanol–water partition coefficient (Wildman–Crippen LogP) is 6.86. The van der Waals surface area contributed by atoms with Crippen LogP contribution in [0.3, 0.4) is 0 Å². The Morgan fingerprint density at radius 3 is 2.43 bits per heavy atom. The molecule has 0 saturated carbocycles. The number of ketones is 1. The lowest BCUT2D eigenvalue weighted by molar-refractivity contribution is 0.0986. The number of aryl methyl sites for hydroxylation is 2. The van der Waals surface area contributed by atoms with Gasteiger partial charge in [-0.1, -0.05) is 40.3 Å². The quantitative estimate of drug-likeness (QED) is 0.256. The molecule has 1 N–H and O–H groups in total. The largest absolute Gasteiger partial charge is 0.376 e. The van der Waals surface area contributed by atoms with Gasteiger partial charge < -0.3 is 10.2 Å². The van der Waals surface area contributed by atoms with Crippen LogP contribution in [0.25, 0.3) is 11.3 Å². The van der Waals surface area contributed by atoms with Gasteiger partial charge in [0.05, 0.1) is 27.5 Å². The Kier molecular flexibility index (Phi) is 8.76. The van der Waals surface area contributed by atoms with Crippen LogP contribution in [0.2, 0.25) is 0 Å². The summed E-state index contributed by atoms with van der Waals surface area (Å²) in [5.41, 5.74) is 5.09. The van der Waals surface area contributed by atoms with Gasteiger partial charge >= 0.3 is 0 Å². The Hall–Kier alpha value is -3.65. The molecule has 0 unspecified atom stereocenters. The summed E-state index contributed by atoms with van der Waals surface area (Å²) >= 11 is 1.50. The van der Waals surface area contributed by atoms with Gasteiger partial charge in [-0.15, -0.1) is 11.3 Å². The predicted molar refractivity (Wildman–Crippen MR) is 154 cm³/mol. The molecule has 4 rings (SSSR count). The van der Waals surface area contributed by atoms with Crippen molar-refractivity contribution in [1.29, 1.82) is 0 Å². The minimum Gasteiger partial charge on any atom is -0.376 e. The molecule has 0 aliphatic carbocycles. The van der Waals surface area contributed by atoms with E-state index >= 15 is 0 Å². The molecular formula is C29H36N6OS. The number of carbonyl (C=O) groups excluding carboxylic acids is 1. The number of Topliss-reactive ketones (excluding diaryl/α,β-unsaturated/α-hetero) is 1. The molecule has 0 saturated heterocycles. The van der Waals surface area contributed by atoms with Crippen molar-refractivity contribution >= 4 is 34.6 Å². The monoisotopic (exact) mass is 516 g/mol.